The third kappa shape index (κ3) is 2.37. The summed E-state index contributed by atoms with van der Waals surface area (Å²) >= 11 is 16.9. The first-order valence-corrected chi connectivity index (χ1v) is 5.33. The average Bonchev–Trinajstić information content (AvgIpc) is 2.22. The molecule has 0 spiro atoms. The van der Waals surface area contributed by atoms with Crippen molar-refractivity contribution in [2.45, 2.75) is 0 Å². The van der Waals surface area contributed by atoms with Crippen LogP contribution in [0.5, 0.6) is 0 Å². The quantitative estimate of drug-likeness (QED) is 0.778. The zero-order chi connectivity index (χ0) is 10.8. The molecule has 5 heteroatoms. The van der Waals surface area contributed by atoms with E-state index in [9.17, 15) is 0 Å². The summed E-state index contributed by atoms with van der Waals surface area (Å²) in [5.74, 6) is 0. The molecule has 0 bridgehead atoms. The summed E-state index contributed by atoms with van der Waals surface area (Å²) in [7, 11) is 0. The molecule has 0 aliphatic rings. The molecule has 1 N–H and O–H groups in total. The molecule has 2 aromatic rings. The lowest BCUT2D eigenvalue weighted by Crippen LogP contribution is -1.86. The molecule has 0 fully saturated rings. The van der Waals surface area contributed by atoms with Crippen molar-refractivity contribution < 1.29 is 0 Å². The maximum absolute atomic E-state index is 6.05. The van der Waals surface area contributed by atoms with Crippen molar-refractivity contribution in [3.8, 4) is 11.3 Å². The zero-order valence-corrected chi connectivity index (χ0v) is 9.83. The van der Waals surface area contributed by atoms with E-state index in [0.717, 1.165) is 11.3 Å². The van der Waals surface area contributed by atoms with Gasteiger partial charge in [-0.1, -0.05) is 35.4 Å². The molecule has 76 valence electrons. The number of rotatable bonds is 1. The molecule has 0 amide bonds. The molecule has 2 rings (SSSR count). The molecular weight excluding hydrogens is 251 g/mol. The summed E-state index contributed by atoms with van der Waals surface area (Å²) in [5.41, 5.74) is 1.63. The highest BCUT2D eigenvalue weighted by Crippen LogP contribution is 2.28. The van der Waals surface area contributed by atoms with Gasteiger partial charge < -0.3 is 4.98 Å². The van der Waals surface area contributed by atoms with Crippen molar-refractivity contribution in [1.82, 2.24) is 9.97 Å². The van der Waals surface area contributed by atoms with Crippen LogP contribution in [0.25, 0.3) is 11.3 Å². The SMILES string of the molecule is S=c1cc(-c2cc(Cl)ccc2Cl)[nH]cn1. The van der Waals surface area contributed by atoms with Gasteiger partial charge in [-0.25, -0.2) is 4.98 Å². The molecule has 1 aromatic carbocycles. The number of halogens is 2. The van der Waals surface area contributed by atoms with Gasteiger partial charge in [0.1, 0.15) is 4.64 Å². The number of aromatic nitrogens is 2. The van der Waals surface area contributed by atoms with E-state index in [0.29, 0.717) is 14.7 Å². The lowest BCUT2D eigenvalue weighted by atomic mass is 10.1. The van der Waals surface area contributed by atoms with E-state index in [-0.39, 0.29) is 0 Å². The van der Waals surface area contributed by atoms with E-state index in [1.165, 1.54) is 6.33 Å². The highest BCUT2D eigenvalue weighted by atomic mass is 35.5. The van der Waals surface area contributed by atoms with Crippen LogP contribution < -0.4 is 0 Å². The fourth-order valence-electron chi connectivity index (χ4n) is 1.23. The summed E-state index contributed by atoms with van der Waals surface area (Å²) in [6, 6.07) is 7.01. The van der Waals surface area contributed by atoms with Crippen LogP contribution in [0, 0.1) is 4.64 Å². The number of aromatic amines is 1. The van der Waals surface area contributed by atoms with Gasteiger partial charge >= 0.3 is 0 Å². The topological polar surface area (TPSA) is 28.7 Å². The normalized spacial score (nSPS) is 10.3. The van der Waals surface area contributed by atoms with Crippen LogP contribution >= 0.6 is 35.4 Å². The van der Waals surface area contributed by atoms with Gasteiger partial charge in [-0.3, -0.25) is 0 Å². The second kappa shape index (κ2) is 4.31. The smallest absolute Gasteiger partial charge is 0.130 e. The second-order valence-corrected chi connectivity index (χ2v) is 4.18. The molecule has 1 heterocycles. The molecule has 2 nitrogen and oxygen atoms in total. The Hall–Kier alpha value is -0.900. The largest absolute Gasteiger partial charge is 0.346 e. The van der Waals surface area contributed by atoms with Crippen LogP contribution in [0.2, 0.25) is 10.0 Å². The molecular formula is C10H6Cl2N2S. The Morgan fingerprint density at radius 1 is 1.20 bits per heavy atom. The van der Waals surface area contributed by atoms with Crippen molar-refractivity contribution in [2.24, 2.45) is 0 Å². The first-order valence-electron chi connectivity index (χ1n) is 4.17. The monoisotopic (exact) mass is 256 g/mol. The average molecular weight is 257 g/mol. The number of hydrogen-bond donors (Lipinski definition) is 1. The summed E-state index contributed by atoms with van der Waals surface area (Å²) in [6.07, 6.45) is 1.54. The highest BCUT2D eigenvalue weighted by Gasteiger charge is 2.04. The van der Waals surface area contributed by atoms with Crippen LogP contribution in [0.3, 0.4) is 0 Å². The predicted octanol–water partition coefficient (Wildman–Crippen LogP) is 4.11. The van der Waals surface area contributed by atoms with E-state index in [2.05, 4.69) is 9.97 Å². The molecule has 0 radical (unpaired) electrons. The van der Waals surface area contributed by atoms with Crippen LogP contribution in [0.1, 0.15) is 0 Å². The van der Waals surface area contributed by atoms with E-state index >= 15 is 0 Å². The fourth-order valence-corrected chi connectivity index (χ4v) is 1.79. The van der Waals surface area contributed by atoms with Crippen molar-refractivity contribution in [1.29, 1.82) is 0 Å². The van der Waals surface area contributed by atoms with Crippen LogP contribution in [0.4, 0.5) is 0 Å². The Balaban J connectivity index is 2.63. The van der Waals surface area contributed by atoms with Crippen molar-refractivity contribution in [3.63, 3.8) is 0 Å². The Kier molecular flexibility index (Phi) is 3.05. The first kappa shape index (κ1) is 10.6. The van der Waals surface area contributed by atoms with Gasteiger partial charge in [0.2, 0.25) is 0 Å². The predicted molar refractivity (Wildman–Crippen MR) is 64.9 cm³/mol. The Bertz CT molecular complexity index is 551. The zero-order valence-electron chi connectivity index (χ0n) is 7.50. The Morgan fingerprint density at radius 2 is 2.00 bits per heavy atom. The second-order valence-electron chi connectivity index (χ2n) is 2.92. The number of nitrogens with one attached hydrogen (secondary N) is 1. The van der Waals surface area contributed by atoms with Gasteiger partial charge in [-0.2, -0.15) is 0 Å². The molecule has 0 aliphatic carbocycles. The van der Waals surface area contributed by atoms with Crippen LogP contribution in [-0.2, 0) is 0 Å². The standard InChI is InChI=1S/C10H6Cl2N2S/c11-6-1-2-8(12)7(3-6)9-4-10(15)14-5-13-9/h1-5H,(H,13,14,15). The summed E-state index contributed by atoms with van der Waals surface area (Å²) in [6.45, 7) is 0. The highest BCUT2D eigenvalue weighted by molar-refractivity contribution is 7.71. The van der Waals surface area contributed by atoms with Crippen molar-refractivity contribution in [2.75, 3.05) is 0 Å². The van der Waals surface area contributed by atoms with Gasteiger partial charge in [0.15, 0.2) is 0 Å². The maximum Gasteiger partial charge on any atom is 0.130 e. The molecule has 15 heavy (non-hydrogen) atoms. The third-order valence-corrected chi connectivity index (χ3v) is 2.69. The minimum atomic E-state index is 0.514. The van der Waals surface area contributed by atoms with E-state index < -0.39 is 0 Å². The summed E-state index contributed by atoms with van der Waals surface area (Å²) < 4.78 is 0.514. The van der Waals surface area contributed by atoms with Gasteiger partial charge in [-0.05, 0) is 24.3 Å². The lowest BCUT2D eigenvalue weighted by Gasteiger charge is -2.04. The summed E-state index contributed by atoms with van der Waals surface area (Å²) in [5, 5.41) is 1.25. The number of nitrogens with zero attached hydrogens (tertiary/aromatic N) is 1. The van der Waals surface area contributed by atoms with Crippen LogP contribution in [-0.4, -0.2) is 9.97 Å². The van der Waals surface area contributed by atoms with E-state index in [1.807, 2.05) is 0 Å². The number of H-pyrrole nitrogens is 1. The first-order chi connectivity index (χ1) is 7.16. The van der Waals surface area contributed by atoms with Crippen molar-refractivity contribution >= 4 is 35.4 Å². The fraction of sp³-hybridized carbons (Fsp3) is 0. The minimum absolute atomic E-state index is 0.514. The number of benzene rings is 1. The molecule has 0 saturated carbocycles. The third-order valence-electron chi connectivity index (χ3n) is 1.90. The van der Waals surface area contributed by atoms with E-state index in [4.69, 9.17) is 35.4 Å². The molecule has 0 saturated heterocycles. The Morgan fingerprint density at radius 3 is 2.73 bits per heavy atom. The van der Waals surface area contributed by atoms with Gasteiger partial charge in [-0.15, -0.1) is 0 Å². The number of hydrogen-bond acceptors (Lipinski definition) is 2. The molecule has 0 atom stereocenters. The van der Waals surface area contributed by atoms with Crippen molar-refractivity contribution in [3.05, 3.63) is 45.3 Å². The van der Waals surface area contributed by atoms with Gasteiger partial charge in [0, 0.05) is 15.6 Å². The van der Waals surface area contributed by atoms with Crippen LogP contribution in [0.15, 0.2) is 30.6 Å². The van der Waals surface area contributed by atoms with Gasteiger partial charge in [0.25, 0.3) is 0 Å². The van der Waals surface area contributed by atoms with Gasteiger partial charge in [0.05, 0.1) is 12.0 Å². The van der Waals surface area contributed by atoms with E-state index in [1.54, 1.807) is 24.3 Å². The molecule has 0 aliphatic heterocycles. The molecule has 0 unspecified atom stereocenters. The maximum atomic E-state index is 6.05. The lowest BCUT2D eigenvalue weighted by molar-refractivity contribution is 1.16. The Labute approximate surface area is 102 Å². The molecule has 1 aromatic heterocycles. The minimum Gasteiger partial charge on any atom is -0.346 e. The summed E-state index contributed by atoms with van der Waals surface area (Å²) in [4.78, 5) is 6.87.